The van der Waals surface area contributed by atoms with E-state index >= 15 is 0 Å². The highest BCUT2D eigenvalue weighted by molar-refractivity contribution is 7.89. The highest BCUT2D eigenvalue weighted by Crippen LogP contribution is 2.18. The summed E-state index contributed by atoms with van der Waals surface area (Å²) in [4.78, 5) is 0.237. The summed E-state index contributed by atoms with van der Waals surface area (Å²) in [7, 11) is 1.52. The summed E-state index contributed by atoms with van der Waals surface area (Å²) in [5, 5.41) is 8.09. The van der Waals surface area contributed by atoms with Crippen molar-refractivity contribution in [3.05, 3.63) is 29.8 Å². The first-order chi connectivity index (χ1) is 8.80. The Morgan fingerprint density at radius 1 is 1.26 bits per heavy atom. The molecule has 0 aromatic carbocycles. The summed E-state index contributed by atoms with van der Waals surface area (Å²) in [5.74, 6) is 0. The summed E-state index contributed by atoms with van der Waals surface area (Å²) in [6.45, 7) is 1.97. The van der Waals surface area contributed by atoms with E-state index in [-0.39, 0.29) is 11.4 Å². The Hall–Kier alpha value is -1.67. The molecule has 0 aliphatic heterocycles. The number of sulfonamides is 1. The lowest BCUT2D eigenvalue weighted by Gasteiger charge is -2.15. The van der Waals surface area contributed by atoms with Gasteiger partial charge in [0.25, 0.3) is 0 Å². The van der Waals surface area contributed by atoms with Gasteiger partial charge in [0.15, 0.2) is 0 Å². The Kier molecular flexibility index (Phi) is 3.46. The quantitative estimate of drug-likeness (QED) is 0.808. The molecule has 0 aliphatic carbocycles. The van der Waals surface area contributed by atoms with E-state index < -0.39 is 10.0 Å². The maximum absolute atomic E-state index is 12.4. The van der Waals surface area contributed by atoms with Crippen LogP contribution in [-0.2, 0) is 30.7 Å². The number of nitrogens with zero attached hydrogens (tertiary/aromatic N) is 5. The minimum atomic E-state index is -3.52. The van der Waals surface area contributed by atoms with Gasteiger partial charge in [-0.2, -0.15) is 14.5 Å². The van der Waals surface area contributed by atoms with E-state index in [1.807, 2.05) is 0 Å². The molecule has 2 rings (SSSR count). The number of hydrogen-bond donors (Lipinski definition) is 0. The van der Waals surface area contributed by atoms with Gasteiger partial charge in [-0.05, 0) is 6.92 Å². The minimum absolute atomic E-state index is 0.237. The average Bonchev–Trinajstić information content (AvgIpc) is 2.85. The molecule has 104 valence electrons. The molecule has 7 nitrogen and oxygen atoms in total. The van der Waals surface area contributed by atoms with Gasteiger partial charge in [0.05, 0.1) is 11.9 Å². The lowest BCUT2D eigenvalue weighted by molar-refractivity contribution is 0.466. The molecule has 0 saturated heterocycles. The molecule has 0 bridgehead atoms. The summed E-state index contributed by atoms with van der Waals surface area (Å²) >= 11 is 0. The van der Waals surface area contributed by atoms with Gasteiger partial charge in [0.1, 0.15) is 4.90 Å². The van der Waals surface area contributed by atoms with Crippen molar-refractivity contribution in [1.29, 1.82) is 0 Å². The van der Waals surface area contributed by atoms with E-state index in [9.17, 15) is 8.42 Å². The zero-order chi connectivity index (χ0) is 14.2. The third-order valence-corrected chi connectivity index (χ3v) is 4.73. The van der Waals surface area contributed by atoms with Gasteiger partial charge in [-0.15, -0.1) is 0 Å². The number of rotatable bonds is 4. The lowest BCUT2D eigenvalue weighted by Crippen LogP contribution is -2.26. The van der Waals surface area contributed by atoms with E-state index in [1.54, 1.807) is 45.1 Å². The van der Waals surface area contributed by atoms with E-state index in [2.05, 4.69) is 10.2 Å². The Morgan fingerprint density at radius 2 is 1.95 bits per heavy atom. The second-order valence-corrected chi connectivity index (χ2v) is 6.55. The molecule has 0 unspecified atom stereocenters. The van der Waals surface area contributed by atoms with Crippen molar-refractivity contribution in [1.82, 2.24) is 23.9 Å². The van der Waals surface area contributed by atoms with Crippen LogP contribution in [0.15, 0.2) is 23.5 Å². The van der Waals surface area contributed by atoms with Crippen LogP contribution in [0.4, 0.5) is 0 Å². The molecule has 2 aromatic rings. The first kappa shape index (κ1) is 13.8. The predicted octanol–water partition coefficient (Wildman–Crippen LogP) is 0.283. The van der Waals surface area contributed by atoms with E-state index in [0.717, 1.165) is 5.56 Å². The van der Waals surface area contributed by atoms with Crippen molar-refractivity contribution in [3.63, 3.8) is 0 Å². The van der Waals surface area contributed by atoms with Crippen molar-refractivity contribution in [2.24, 2.45) is 14.1 Å². The number of aryl methyl sites for hydroxylation is 3. The fourth-order valence-electron chi connectivity index (χ4n) is 1.89. The van der Waals surface area contributed by atoms with Crippen LogP contribution in [0.1, 0.15) is 11.3 Å². The molecule has 2 heterocycles. The van der Waals surface area contributed by atoms with Crippen molar-refractivity contribution in [3.8, 4) is 0 Å². The highest BCUT2D eigenvalue weighted by atomic mass is 32.2. The van der Waals surface area contributed by atoms with Crippen LogP contribution in [0.2, 0.25) is 0 Å². The molecule has 0 amide bonds. The normalized spacial score (nSPS) is 12.3. The Bertz CT molecular complexity index is 686. The molecule has 0 fully saturated rings. The van der Waals surface area contributed by atoms with E-state index in [1.165, 1.54) is 15.2 Å². The third-order valence-electron chi connectivity index (χ3n) is 2.82. The van der Waals surface area contributed by atoms with Crippen LogP contribution in [0.25, 0.3) is 0 Å². The lowest BCUT2D eigenvalue weighted by atomic mass is 10.4. The summed E-state index contributed by atoms with van der Waals surface area (Å²) in [5.41, 5.74) is 1.34. The van der Waals surface area contributed by atoms with Crippen LogP contribution >= 0.6 is 0 Å². The van der Waals surface area contributed by atoms with Crippen LogP contribution in [0, 0.1) is 6.92 Å². The second kappa shape index (κ2) is 4.78. The molecule has 0 atom stereocenters. The Labute approximate surface area is 112 Å². The fourth-order valence-corrected chi connectivity index (χ4v) is 3.25. The summed E-state index contributed by atoms with van der Waals surface area (Å²) < 4.78 is 29.3. The smallest absolute Gasteiger partial charge is 0.246 e. The predicted molar refractivity (Wildman–Crippen MR) is 69.8 cm³/mol. The molecule has 8 heteroatoms. The Balaban J connectivity index is 2.27. The van der Waals surface area contributed by atoms with Gasteiger partial charge in [0.2, 0.25) is 10.0 Å². The SMILES string of the molecule is Cc1nn(C)cc1S(=O)(=O)N(C)Cc1cnn(C)c1. The minimum Gasteiger partial charge on any atom is -0.275 e. The maximum atomic E-state index is 12.4. The molecule has 0 spiro atoms. The molecule has 0 aliphatic rings. The van der Waals surface area contributed by atoms with Gasteiger partial charge in [-0.3, -0.25) is 9.36 Å². The van der Waals surface area contributed by atoms with Crippen molar-refractivity contribution in [2.45, 2.75) is 18.4 Å². The van der Waals surface area contributed by atoms with Crippen molar-refractivity contribution in [2.75, 3.05) is 7.05 Å². The third kappa shape index (κ3) is 2.69. The van der Waals surface area contributed by atoms with E-state index in [0.29, 0.717) is 5.69 Å². The van der Waals surface area contributed by atoms with Crippen LogP contribution in [0.5, 0.6) is 0 Å². The zero-order valence-electron chi connectivity index (χ0n) is 11.4. The fraction of sp³-hybridized carbons (Fsp3) is 0.455. The topological polar surface area (TPSA) is 73.0 Å². The molecule has 0 N–H and O–H groups in total. The maximum Gasteiger partial charge on any atom is 0.246 e. The van der Waals surface area contributed by atoms with Gasteiger partial charge >= 0.3 is 0 Å². The number of hydrogen-bond acceptors (Lipinski definition) is 4. The first-order valence-corrected chi connectivity index (χ1v) is 7.19. The largest absolute Gasteiger partial charge is 0.275 e. The molecular formula is C11H17N5O2S. The second-order valence-electron chi connectivity index (χ2n) is 4.54. The molecular weight excluding hydrogens is 266 g/mol. The van der Waals surface area contributed by atoms with Gasteiger partial charge in [-0.25, -0.2) is 8.42 Å². The van der Waals surface area contributed by atoms with Crippen molar-refractivity contribution < 1.29 is 8.42 Å². The van der Waals surface area contributed by atoms with Crippen LogP contribution in [0.3, 0.4) is 0 Å². The average molecular weight is 283 g/mol. The van der Waals surface area contributed by atoms with Crippen LogP contribution in [-0.4, -0.2) is 39.3 Å². The summed E-state index contributed by atoms with van der Waals surface area (Å²) in [6.07, 6.45) is 4.97. The number of aromatic nitrogens is 4. The highest BCUT2D eigenvalue weighted by Gasteiger charge is 2.25. The van der Waals surface area contributed by atoms with Gasteiger partial charge in [-0.1, -0.05) is 0 Å². The molecule has 0 radical (unpaired) electrons. The zero-order valence-corrected chi connectivity index (χ0v) is 12.2. The van der Waals surface area contributed by atoms with Gasteiger partial charge < -0.3 is 0 Å². The summed E-state index contributed by atoms with van der Waals surface area (Å²) in [6, 6.07) is 0. The van der Waals surface area contributed by atoms with Gasteiger partial charge in [0, 0.05) is 45.6 Å². The van der Waals surface area contributed by atoms with Crippen molar-refractivity contribution >= 4 is 10.0 Å². The monoisotopic (exact) mass is 283 g/mol. The standard InChI is InChI=1S/C11H17N5O2S/c1-9-11(8-15(3)13-9)19(17,18)16(4)7-10-5-12-14(2)6-10/h5-6,8H,7H2,1-4H3. The molecule has 2 aromatic heterocycles. The first-order valence-electron chi connectivity index (χ1n) is 5.75. The van der Waals surface area contributed by atoms with Crippen LogP contribution < -0.4 is 0 Å². The Morgan fingerprint density at radius 3 is 2.42 bits per heavy atom. The molecule has 0 saturated carbocycles. The molecule has 19 heavy (non-hydrogen) atoms. The van der Waals surface area contributed by atoms with E-state index in [4.69, 9.17) is 0 Å².